The number of rotatable bonds is 3. The van der Waals surface area contributed by atoms with E-state index in [2.05, 4.69) is 20.1 Å². The fraction of sp³-hybridized carbons (Fsp3) is 0.818. The molecule has 3 rings (SSSR count). The molecule has 1 aliphatic heterocycles. The molecule has 1 saturated carbocycles. The molecular formula is C11H18N4O. The lowest BCUT2D eigenvalue weighted by molar-refractivity contribution is 0.0615. The quantitative estimate of drug-likeness (QED) is 0.768. The van der Waals surface area contributed by atoms with Gasteiger partial charge in [-0.1, -0.05) is 0 Å². The zero-order valence-corrected chi connectivity index (χ0v) is 9.39. The summed E-state index contributed by atoms with van der Waals surface area (Å²) >= 11 is 0. The largest absolute Gasteiger partial charge is 0.393 e. The van der Waals surface area contributed by atoms with E-state index in [1.807, 2.05) is 0 Å². The summed E-state index contributed by atoms with van der Waals surface area (Å²) in [6, 6.07) is 0.464. The van der Waals surface area contributed by atoms with Crippen LogP contribution in [0.1, 0.15) is 37.3 Å². The Morgan fingerprint density at radius 3 is 3.00 bits per heavy atom. The lowest BCUT2D eigenvalue weighted by Gasteiger charge is -2.32. The maximum Gasteiger partial charge on any atom is 0.147 e. The predicted molar refractivity (Wildman–Crippen MR) is 58.8 cm³/mol. The summed E-state index contributed by atoms with van der Waals surface area (Å²) in [4.78, 5) is 0. The molecule has 88 valence electrons. The molecule has 0 bridgehead atoms. The predicted octanol–water partition coefficient (Wildman–Crippen LogP) is 0.227. The summed E-state index contributed by atoms with van der Waals surface area (Å²) in [5, 5.41) is 21.1. The summed E-state index contributed by atoms with van der Waals surface area (Å²) in [6.45, 7) is 1.84. The Labute approximate surface area is 94.9 Å². The first-order valence-corrected chi connectivity index (χ1v) is 6.15. The Balaban J connectivity index is 1.59. The Kier molecular flexibility index (Phi) is 2.65. The average Bonchev–Trinajstić information content (AvgIpc) is 2.66. The topological polar surface area (TPSA) is 63.0 Å². The van der Waals surface area contributed by atoms with Gasteiger partial charge in [-0.05, 0) is 25.7 Å². The molecule has 2 heterocycles. The molecular weight excluding hydrogens is 204 g/mol. The molecule has 1 fully saturated rings. The van der Waals surface area contributed by atoms with Crippen molar-refractivity contribution in [2.24, 2.45) is 0 Å². The van der Waals surface area contributed by atoms with Crippen molar-refractivity contribution in [1.82, 2.24) is 20.1 Å². The van der Waals surface area contributed by atoms with Crippen LogP contribution in [-0.2, 0) is 19.5 Å². The first-order chi connectivity index (χ1) is 7.83. The molecule has 0 unspecified atom stereocenters. The second kappa shape index (κ2) is 4.14. The molecule has 5 heteroatoms. The standard InChI is InChI=1S/C11H18N4O/c16-9-5-8(6-9)12-7-11-14-13-10-3-1-2-4-15(10)11/h8-9,12,16H,1-7H2. The van der Waals surface area contributed by atoms with Gasteiger partial charge in [-0.15, -0.1) is 10.2 Å². The van der Waals surface area contributed by atoms with Crippen LogP contribution in [0.15, 0.2) is 0 Å². The van der Waals surface area contributed by atoms with E-state index >= 15 is 0 Å². The highest BCUT2D eigenvalue weighted by Gasteiger charge is 2.27. The molecule has 1 aromatic heterocycles. The van der Waals surface area contributed by atoms with Crippen molar-refractivity contribution in [1.29, 1.82) is 0 Å². The second-order valence-electron chi connectivity index (χ2n) is 4.84. The molecule has 0 spiro atoms. The third kappa shape index (κ3) is 1.85. The number of fused-ring (bicyclic) bond motifs is 1. The van der Waals surface area contributed by atoms with Crippen LogP contribution >= 0.6 is 0 Å². The van der Waals surface area contributed by atoms with Gasteiger partial charge in [0.15, 0.2) is 0 Å². The number of aryl methyl sites for hydroxylation is 1. The number of aromatic nitrogens is 3. The van der Waals surface area contributed by atoms with Gasteiger partial charge in [-0.3, -0.25) is 0 Å². The Morgan fingerprint density at radius 2 is 2.19 bits per heavy atom. The molecule has 0 atom stereocenters. The highest BCUT2D eigenvalue weighted by molar-refractivity contribution is 4.99. The van der Waals surface area contributed by atoms with Crippen molar-refractivity contribution in [2.75, 3.05) is 0 Å². The van der Waals surface area contributed by atoms with Crippen molar-refractivity contribution >= 4 is 0 Å². The van der Waals surface area contributed by atoms with E-state index in [1.165, 1.54) is 12.8 Å². The Morgan fingerprint density at radius 1 is 1.31 bits per heavy atom. The average molecular weight is 222 g/mol. The van der Waals surface area contributed by atoms with Crippen molar-refractivity contribution in [3.63, 3.8) is 0 Å². The maximum absolute atomic E-state index is 9.19. The van der Waals surface area contributed by atoms with Crippen molar-refractivity contribution in [3.05, 3.63) is 11.6 Å². The van der Waals surface area contributed by atoms with E-state index in [0.29, 0.717) is 6.04 Å². The Hall–Kier alpha value is -0.940. The zero-order chi connectivity index (χ0) is 11.0. The lowest BCUT2D eigenvalue weighted by atomic mass is 9.89. The number of nitrogens with one attached hydrogen (secondary N) is 1. The molecule has 0 saturated heterocycles. The minimum Gasteiger partial charge on any atom is -0.393 e. The van der Waals surface area contributed by atoms with E-state index < -0.39 is 0 Å². The molecule has 2 N–H and O–H groups in total. The second-order valence-corrected chi connectivity index (χ2v) is 4.84. The molecule has 16 heavy (non-hydrogen) atoms. The van der Waals surface area contributed by atoms with Gasteiger partial charge in [-0.25, -0.2) is 0 Å². The van der Waals surface area contributed by atoms with E-state index in [1.54, 1.807) is 0 Å². The summed E-state index contributed by atoms with van der Waals surface area (Å²) in [7, 11) is 0. The summed E-state index contributed by atoms with van der Waals surface area (Å²) < 4.78 is 2.24. The van der Waals surface area contributed by atoms with Gasteiger partial charge in [0.05, 0.1) is 12.6 Å². The summed E-state index contributed by atoms with van der Waals surface area (Å²) in [5.74, 6) is 2.19. The normalized spacial score (nSPS) is 28.6. The van der Waals surface area contributed by atoms with Crippen molar-refractivity contribution < 1.29 is 5.11 Å². The molecule has 5 nitrogen and oxygen atoms in total. The number of aliphatic hydroxyl groups is 1. The third-order valence-electron chi connectivity index (χ3n) is 3.60. The molecule has 0 aromatic carbocycles. The minimum absolute atomic E-state index is 0.0928. The van der Waals surface area contributed by atoms with E-state index in [4.69, 9.17) is 0 Å². The number of aliphatic hydroxyl groups excluding tert-OH is 1. The first-order valence-electron chi connectivity index (χ1n) is 6.15. The molecule has 1 aromatic rings. The van der Waals surface area contributed by atoms with Gasteiger partial charge in [0, 0.05) is 19.0 Å². The number of hydrogen-bond acceptors (Lipinski definition) is 4. The highest BCUT2D eigenvalue weighted by atomic mass is 16.3. The van der Waals surface area contributed by atoms with Crippen LogP contribution in [-0.4, -0.2) is 32.0 Å². The fourth-order valence-corrected chi connectivity index (χ4v) is 2.49. The summed E-state index contributed by atoms with van der Waals surface area (Å²) in [6.07, 6.45) is 5.20. The highest BCUT2D eigenvalue weighted by Crippen LogP contribution is 2.20. The van der Waals surface area contributed by atoms with E-state index in [9.17, 15) is 5.11 Å². The zero-order valence-electron chi connectivity index (χ0n) is 9.39. The molecule has 0 amide bonds. The first kappa shape index (κ1) is 10.2. The van der Waals surface area contributed by atoms with Crippen LogP contribution in [0.3, 0.4) is 0 Å². The van der Waals surface area contributed by atoms with Gasteiger partial charge in [-0.2, -0.15) is 0 Å². The van der Waals surface area contributed by atoms with E-state index in [0.717, 1.165) is 44.0 Å². The summed E-state index contributed by atoms with van der Waals surface area (Å²) in [5.41, 5.74) is 0. The minimum atomic E-state index is -0.0928. The fourth-order valence-electron chi connectivity index (χ4n) is 2.49. The van der Waals surface area contributed by atoms with Gasteiger partial charge >= 0.3 is 0 Å². The smallest absolute Gasteiger partial charge is 0.147 e. The molecule has 2 aliphatic rings. The third-order valence-corrected chi connectivity index (χ3v) is 3.60. The maximum atomic E-state index is 9.19. The van der Waals surface area contributed by atoms with Gasteiger partial charge in [0.25, 0.3) is 0 Å². The van der Waals surface area contributed by atoms with Gasteiger partial charge in [0.1, 0.15) is 11.6 Å². The molecule has 0 radical (unpaired) electrons. The van der Waals surface area contributed by atoms with Crippen LogP contribution < -0.4 is 5.32 Å². The van der Waals surface area contributed by atoms with Crippen LogP contribution in [0.5, 0.6) is 0 Å². The van der Waals surface area contributed by atoms with Crippen LogP contribution in [0.4, 0.5) is 0 Å². The van der Waals surface area contributed by atoms with Crippen LogP contribution in [0, 0.1) is 0 Å². The van der Waals surface area contributed by atoms with Gasteiger partial charge in [0.2, 0.25) is 0 Å². The number of hydrogen-bond donors (Lipinski definition) is 2. The van der Waals surface area contributed by atoms with Crippen molar-refractivity contribution in [2.45, 2.75) is 57.3 Å². The lowest BCUT2D eigenvalue weighted by Crippen LogP contribution is -2.44. The Bertz CT molecular complexity index is 370. The van der Waals surface area contributed by atoms with Crippen LogP contribution in [0.25, 0.3) is 0 Å². The van der Waals surface area contributed by atoms with Crippen LogP contribution in [0.2, 0.25) is 0 Å². The number of nitrogens with zero attached hydrogens (tertiary/aromatic N) is 3. The molecule has 1 aliphatic carbocycles. The van der Waals surface area contributed by atoms with Gasteiger partial charge < -0.3 is 15.0 Å². The monoisotopic (exact) mass is 222 g/mol. The van der Waals surface area contributed by atoms with E-state index in [-0.39, 0.29) is 6.10 Å². The van der Waals surface area contributed by atoms with Crippen molar-refractivity contribution in [3.8, 4) is 0 Å². The SMILES string of the molecule is OC1CC(NCc2nnc3n2CCCC3)C1.